The van der Waals surface area contributed by atoms with Crippen molar-refractivity contribution in [2.24, 2.45) is 5.73 Å². The number of hydrogen-bond acceptors (Lipinski definition) is 6. The number of nitrogens with two attached hydrogens (primary N) is 1. The van der Waals surface area contributed by atoms with Gasteiger partial charge in [-0.2, -0.15) is 0 Å². The fourth-order valence-corrected chi connectivity index (χ4v) is 3.00. The summed E-state index contributed by atoms with van der Waals surface area (Å²) in [5, 5.41) is 7.44. The van der Waals surface area contributed by atoms with Gasteiger partial charge in [0.15, 0.2) is 0 Å². The summed E-state index contributed by atoms with van der Waals surface area (Å²) >= 11 is 1.21. The van der Waals surface area contributed by atoms with E-state index in [0.29, 0.717) is 16.4 Å². The van der Waals surface area contributed by atoms with Crippen LogP contribution in [0.25, 0.3) is 0 Å². The van der Waals surface area contributed by atoms with E-state index in [4.69, 9.17) is 10.5 Å². The van der Waals surface area contributed by atoms with Crippen molar-refractivity contribution in [2.75, 3.05) is 37.9 Å². The standard InChI is InChI=1S/C17H20N4O4S/c1-21(9-14(22)19-11-3-5-12(25-2)6-4-11)10-15(23)20-17-13(16(18)24)7-8-26-17/h3-8H,9-10H2,1-2H3,(H2,18,24)(H,19,22)(H,20,23). The molecule has 0 radical (unpaired) electrons. The predicted molar refractivity (Wildman–Crippen MR) is 101 cm³/mol. The minimum atomic E-state index is -0.603. The van der Waals surface area contributed by atoms with E-state index in [-0.39, 0.29) is 30.5 Å². The van der Waals surface area contributed by atoms with Crippen molar-refractivity contribution in [3.63, 3.8) is 0 Å². The third-order valence-electron chi connectivity index (χ3n) is 3.38. The molecule has 0 bridgehead atoms. The molecule has 1 aromatic carbocycles. The Bertz CT molecular complexity index is 788. The second-order valence-corrected chi connectivity index (χ2v) is 6.44. The van der Waals surface area contributed by atoms with Crippen LogP contribution in [0.15, 0.2) is 35.7 Å². The molecule has 1 heterocycles. The molecule has 8 nitrogen and oxygen atoms in total. The highest BCUT2D eigenvalue weighted by molar-refractivity contribution is 7.14. The van der Waals surface area contributed by atoms with Gasteiger partial charge in [-0.05, 0) is 42.8 Å². The molecule has 0 atom stereocenters. The zero-order valence-corrected chi connectivity index (χ0v) is 15.3. The van der Waals surface area contributed by atoms with Gasteiger partial charge in [0.05, 0.1) is 25.8 Å². The number of nitrogens with zero attached hydrogens (tertiary/aromatic N) is 1. The number of ether oxygens (including phenoxy) is 1. The third kappa shape index (κ3) is 5.57. The Morgan fingerprint density at radius 2 is 1.69 bits per heavy atom. The highest BCUT2D eigenvalue weighted by Gasteiger charge is 2.15. The molecule has 0 spiro atoms. The monoisotopic (exact) mass is 376 g/mol. The van der Waals surface area contributed by atoms with Gasteiger partial charge in [0, 0.05) is 5.69 Å². The first-order valence-corrected chi connectivity index (χ1v) is 8.56. The van der Waals surface area contributed by atoms with Crippen LogP contribution in [0.3, 0.4) is 0 Å². The zero-order valence-electron chi connectivity index (χ0n) is 14.4. The zero-order chi connectivity index (χ0) is 19.1. The van der Waals surface area contributed by atoms with Crippen LogP contribution >= 0.6 is 11.3 Å². The molecule has 0 saturated carbocycles. The maximum Gasteiger partial charge on any atom is 0.251 e. The second-order valence-electron chi connectivity index (χ2n) is 5.52. The first-order valence-electron chi connectivity index (χ1n) is 7.68. The van der Waals surface area contributed by atoms with E-state index >= 15 is 0 Å². The molecule has 26 heavy (non-hydrogen) atoms. The van der Waals surface area contributed by atoms with Gasteiger partial charge in [0.1, 0.15) is 10.8 Å². The van der Waals surface area contributed by atoms with Gasteiger partial charge in [-0.1, -0.05) is 0 Å². The smallest absolute Gasteiger partial charge is 0.251 e. The third-order valence-corrected chi connectivity index (χ3v) is 4.21. The van der Waals surface area contributed by atoms with Gasteiger partial charge in [-0.3, -0.25) is 19.3 Å². The number of carbonyl (C=O) groups excluding carboxylic acids is 3. The lowest BCUT2D eigenvalue weighted by Crippen LogP contribution is -2.36. The number of methoxy groups -OCH3 is 1. The summed E-state index contributed by atoms with van der Waals surface area (Å²) in [6.07, 6.45) is 0. The number of rotatable bonds is 8. The molecule has 2 aromatic rings. The Hall–Kier alpha value is -2.91. The first-order chi connectivity index (χ1) is 12.4. The quantitative estimate of drug-likeness (QED) is 0.644. The van der Waals surface area contributed by atoms with Crippen LogP contribution in [0.4, 0.5) is 10.7 Å². The molecule has 1 aromatic heterocycles. The van der Waals surface area contributed by atoms with Crippen molar-refractivity contribution < 1.29 is 19.1 Å². The number of amides is 3. The van der Waals surface area contributed by atoms with E-state index in [1.54, 1.807) is 54.8 Å². The van der Waals surface area contributed by atoms with Crippen LogP contribution in [-0.2, 0) is 9.59 Å². The lowest BCUT2D eigenvalue weighted by molar-refractivity contribution is -0.119. The summed E-state index contributed by atoms with van der Waals surface area (Å²) in [4.78, 5) is 36.9. The summed E-state index contributed by atoms with van der Waals surface area (Å²) < 4.78 is 5.06. The van der Waals surface area contributed by atoms with Crippen molar-refractivity contribution in [2.45, 2.75) is 0 Å². The maximum absolute atomic E-state index is 12.1. The highest BCUT2D eigenvalue weighted by Crippen LogP contribution is 2.22. The van der Waals surface area contributed by atoms with Crippen molar-refractivity contribution in [3.05, 3.63) is 41.3 Å². The van der Waals surface area contributed by atoms with Crippen LogP contribution in [0.2, 0.25) is 0 Å². The largest absolute Gasteiger partial charge is 0.497 e. The Balaban J connectivity index is 1.82. The average molecular weight is 376 g/mol. The molecule has 0 fully saturated rings. The van der Waals surface area contributed by atoms with Crippen LogP contribution in [0, 0.1) is 0 Å². The van der Waals surface area contributed by atoms with Gasteiger partial charge < -0.3 is 21.1 Å². The molecule has 138 valence electrons. The number of benzene rings is 1. The molecule has 9 heteroatoms. The number of carbonyl (C=O) groups is 3. The van der Waals surface area contributed by atoms with Crippen LogP contribution in [0.1, 0.15) is 10.4 Å². The van der Waals surface area contributed by atoms with Crippen molar-refractivity contribution in [1.29, 1.82) is 0 Å². The fourth-order valence-electron chi connectivity index (χ4n) is 2.19. The second kappa shape index (κ2) is 8.97. The molecule has 0 aliphatic rings. The lowest BCUT2D eigenvalue weighted by atomic mass is 10.3. The summed E-state index contributed by atoms with van der Waals surface area (Å²) in [5.41, 5.74) is 6.14. The lowest BCUT2D eigenvalue weighted by Gasteiger charge is -2.16. The molecule has 0 saturated heterocycles. The number of hydrogen-bond donors (Lipinski definition) is 3. The SMILES string of the molecule is COc1ccc(NC(=O)CN(C)CC(=O)Nc2sccc2C(N)=O)cc1. The van der Waals surface area contributed by atoms with E-state index in [2.05, 4.69) is 10.6 Å². The Kier molecular flexibility index (Phi) is 6.70. The fraction of sp³-hybridized carbons (Fsp3) is 0.235. The van der Waals surface area contributed by atoms with Gasteiger partial charge in [-0.25, -0.2) is 0 Å². The van der Waals surface area contributed by atoms with Gasteiger partial charge in [-0.15, -0.1) is 11.3 Å². The first kappa shape index (κ1) is 19.4. The van der Waals surface area contributed by atoms with Crippen LogP contribution in [0.5, 0.6) is 5.75 Å². The van der Waals surface area contributed by atoms with E-state index in [1.807, 2.05) is 0 Å². The summed E-state index contributed by atoms with van der Waals surface area (Å²) in [7, 11) is 3.22. The number of anilines is 2. The van der Waals surface area contributed by atoms with E-state index < -0.39 is 5.91 Å². The number of thiophene rings is 1. The van der Waals surface area contributed by atoms with Gasteiger partial charge in [0.25, 0.3) is 5.91 Å². The normalized spacial score (nSPS) is 10.4. The van der Waals surface area contributed by atoms with Gasteiger partial charge >= 0.3 is 0 Å². The Morgan fingerprint density at radius 3 is 2.27 bits per heavy atom. The number of nitrogens with one attached hydrogen (secondary N) is 2. The topological polar surface area (TPSA) is 114 Å². The molecule has 0 aliphatic heterocycles. The van der Waals surface area contributed by atoms with Crippen molar-refractivity contribution in [3.8, 4) is 5.75 Å². The molecule has 3 amide bonds. The van der Waals surface area contributed by atoms with E-state index in [1.165, 1.54) is 11.3 Å². The number of likely N-dealkylation sites (N-methyl/N-ethyl adjacent to an activating group) is 1. The molecule has 0 aliphatic carbocycles. The summed E-state index contributed by atoms with van der Waals surface area (Å²) in [6.45, 7) is 0.0265. The molecular formula is C17H20N4O4S. The van der Waals surface area contributed by atoms with Gasteiger partial charge in [0.2, 0.25) is 11.8 Å². The van der Waals surface area contributed by atoms with E-state index in [0.717, 1.165) is 0 Å². The van der Waals surface area contributed by atoms with Crippen molar-refractivity contribution >= 4 is 39.7 Å². The van der Waals surface area contributed by atoms with Crippen LogP contribution in [-0.4, -0.2) is 49.9 Å². The summed E-state index contributed by atoms with van der Waals surface area (Å²) in [6, 6.07) is 8.49. The summed E-state index contributed by atoms with van der Waals surface area (Å²) in [5.74, 6) is -0.497. The van der Waals surface area contributed by atoms with Crippen molar-refractivity contribution in [1.82, 2.24) is 4.90 Å². The van der Waals surface area contributed by atoms with Crippen LogP contribution < -0.4 is 21.1 Å². The molecular weight excluding hydrogens is 356 g/mol. The molecule has 4 N–H and O–H groups in total. The van der Waals surface area contributed by atoms with E-state index in [9.17, 15) is 14.4 Å². The maximum atomic E-state index is 12.1. The predicted octanol–water partition coefficient (Wildman–Crippen LogP) is 1.36. The Labute approximate surface area is 154 Å². The molecule has 2 rings (SSSR count). The Morgan fingerprint density at radius 1 is 1.08 bits per heavy atom. The minimum absolute atomic E-state index is 0.00780. The minimum Gasteiger partial charge on any atom is -0.497 e. The number of primary amides is 1. The molecule has 0 unspecified atom stereocenters. The highest BCUT2D eigenvalue weighted by atomic mass is 32.1. The average Bonchev–Trinajstić information content (AvgIpc) is 3.03.